The highest BCUT2D eigenvalue weighted by Gasteiger charge is 2.30. The fourth-order valence-electron chi connectivity index (χ4n) is 1.15. The Bertz CT molecular complexity index is 550. The molecule has 2 aromatic rings. The summed E-state index contributed by atoms with van der Waals surface area (Å²) >= 11 is 1.08. The Balaban J connectivity index is 2.62. The lowest BCUT2D eigenvalue weighted by Crippen LogP contribution is -2.03. The van der Waals surface area contributed by atoms with E-state index in [0.717, 1.165) is 23.5 Å². The summed E-state index contributed by atoms with van der Waals surface area (Å²) in [5, 5.41) is 8.71. The van der Waals surface area contributed by atoms with Crippen LogP contribution in [0.4, 0.5) is 13.2 Å². The summed E-state index contributed by atoms with van der Waals surface area (Å²) in [6.45, 7) is 0. The molecule has 0 aliphatic carbocycles. The zero-order chi connectivity index (χ0) is 11.1. The van der Waals surface area contributed by atoms with Crippen molar-refractivity contribution in [2.75, 3.05) is 0 Å². The first kappa shape index (κ1) is 9.93. The number of rotatable bonds is 0. The summed E-state index contributed by atoms with van der Waals surface area (Å²) in [5.74, 6) is 0. The van der Waals surface area contributed by atoms with Crippen LogP contribution in [0.3, 0.4) is 0 Å². The summed E-state index contributed by atoms with van der Waals surface area (Å²) in [7, 11) is 0. The number of hydrogen-bond acceptors (Lipinski definition) is 3. The minimum Gasteiger partial charge on any atom is -0.226 e. The molecule has 1 heterocycles. The first-order chi connectivity index (χ1) is 7.00. The van der Waals surface area contributed by atoms with E-state index >= 15 is 0 Å². The second-order valence-electron chi connectivity index (χ2n) is 2.81. The lowest BCUT2D eigenvalue weighted by atomic mass is 10.2. The molecule has 0 bridgehead atoms. The molecule has 15 heavy (non-hydrogen) atoms. The molecule has 0 amide bonds. The van der Waals surface area contributed by atoms with E-state index < -0.39 is 11.7 Å². The SMILES string of the molecule is N#Cc1nc2cc(C(F)(F)F)ccc2s1. The van der Waals surface area contributed by atoms with Crippen LogP contribution in [0.2, 0.25) is 0 Å². The predicted octanol–water partition coefficient (Wildman–Crippen LogP) is 3.19. The first-order valence-electron chi connectivity index (χ1n) is 3.88. The van der Waals surface area contributed by atoms with Gasteiger partial charge in [0.2, 0.25) is 0 Å². The maximum Gasteiger partial charge on any atom is 0.416 e. The number of fused-ring (bicyclic) bond motifs is 1. The first-order valence-corrected chi connectivity index (χ1v) is 4.70. The molecule has 0 saturated carbocycles. The number of alkyl halides is 3. The molecule has 0 aliphatic heterocycles. The van der Waals surface area contributed by atoms with Gasteiger partial charge in [-0.05, 0) is 18.2 Å². The number of nitrogens with zero attached hydrogens (tertiary/aromatic N) is 2. The molecule has 1 aromatic carbocycles. The van der Waals surface area contributed by atoms with E-state index in [4.69, 9.17) is 5.26 Å². The van der Waals surface area contributed by atoms with Gasteiger partial charge in [0, 0.05) is 0 Å². The minimum absolute atomic E-state index is 0.171. The third-order valence-electron chi connectivity index (χ3n) is 1.81. The van der Waals surface area contributed by atoms with Crippen LogP contribution >= 0.6 is 11.3 Å². The Morgan fingerprint density at radius 2 is 2.07 bits per heavy atom. The van der Waals surface area contributed by atoms with Crippen LogP contribution in [0.1, 0.15) is 10.6 Å². The van der Waals surface area contributed by atoms with Gasteiger partial charge in [0.15, 0.2) is 5.01 Å². The molecular formula is C9H3F3N2S. The van der Waals surface area contributed by atoms with Crippen molar-refractivity contribution in [3.05, 3.63) is 28.8 Å². The van der Waals surface area contributed by atoms with Gasteiger partial charge >= 0.3 is 6.18 Å². The Kier molecular flexibility index (Phi) is 2.12. The fourth-order valence-corrected chi connectivity index (χ4v) is 1.89. The van der Waals surface area contributed by atoms with Crippen LogP contribution < -0.4 is 0 Å². The molecule has 0 spiro atoms. The van der Waals surface area contributed by atoms with Crippen LogP contribution in [-0.2, 0) is 6.18 Å². The highest BCUT2D eigenvalue weighted by atomic mass is 32.1. The molecule has 1 aromatic heterocycles. The van der Waals surface area contributed by atoms with Crippen LogP contribution in [-0.4, -0.2) is 4.98 Å². The van der Waals surface area contributed by atoms with Crippen LogP contribution in [0.25, 0.3) is 10.2 Å². The maximum absolute atomic E-state index is 12.3. The molecular weight excluding hydrogens is 225 g/mol. The number of hydrogen-bond donors (Lipinski definition) is 0. The lowest BCUT2D eigenvalue weighted by Gasteiger charge is -2.04. The smallest absolute Gasteiger partial charge is 0.226 e. The van der Waals surface area contributed by atoms with Gasteiger partial charge in [-0.25, -0.2) is 4.98 Å². The number of nitriles is 1. The summed E-state index contributed by atoms with van der Waals surface area (Å²) in [6.07, 6.45) is -4.37. The van der Waals surface area contributed by atoms with E-state index in [1.54, 1.807) is 6.07 Å². The van der Waals surface area contributed by atoms with Gasteiger partial charge in [-0.3, -0.25) is 0 Å². The summed E-state index contributed by atoms with van der Waals surface area (Å²) in [4.78, 5) is 3.76. The standard InChI is InChI=1S/C9H3F3N2S/c10-9(11,12)5-1-2-7-6(3-5)14-8(4-13)15-7/h1-3H. The maximum atomic E-state index is 12.3. The van der Waals surface area contributed by atoms with E-state index in [1.165, 1.54) is 6.07 Å². The van der Waals surface area contributed by atoms with E-state index in [0.29, 0.717) is 4.70 Å². The summed E-state index contributed by atoms with van der Waals surface area (Å²) in [6, 6.07) is 5.07. The van der Waals surface area contributed by atoms with Crippen LogP contribution in [0.15, 0.2) is 18.2 Å². The quantitative estimate of drug-likeness (QED) is 0.694. The zero-order valence-corrected chi connectivity index (χ0v) is 7.99. The van der Waals surface area contributed by atoms with Gasteiger partial charge in [0.25, 0.3) is 0 Å². The van der Waals surface area contributed by atoms with Crippen molar-refractivity contribution in [2.45, 2.75) is 6.18 Å². The highest BCUT2D eigenvalue weighted by molar-refractivity contribution is 7.19. The van der Waals surface area contributed by atoms with Crippen molar-refractivity contribution < 1.29 is 13.2 Å². The normalized spacial score (nSPS) is 11.6. The fraction of sp³-hybridized carbons (Fsp3) is 0.111. The monoisotopic (exact) mass is 228 g/mol. The van der Waals surface area contributed by atoms with Crippen molar-refractivity contribution in [2.24, 2.45) is 0 Å². The van der Waals surface area contributed by atoms with Crippen LogP contribution in [0.5, 0.6) is 0 Å². The highest BCUT2D eigenvalue weighted by Crippen LogP contribution is 2.32. The molecule has 76 valence electrons. The molecule has 0 N–H and O–H groups in total. The second-order valence-corrected chi connectivity index (χ2v) is 3.84. The number of thiazole rings is 1. The van der Waals surface area contributed by atoms with E-state index in [-0.39, 0.29) is 10.5 Å². The average molecular weight is 228 g/mol. The Labute approximate surface area is 86.6 Å². The predicted molar refractivity (Wildman–Crippen MR) is 49.3 cm³/mol. The van der Waals surface area contributed by atoms with Crippen molar-refractivity contribution in [1.82, 2.24) is 4.98 Å². The Morgan fingerprint density at radius 3 is 2.67 bits per heavy atom. The van der Waals surface area contributed by atoms with Gasteiger partial charge in [0.05, 0.1) is 15.8 Å². The molecule has 0 radical (unpaired) electrons. The lowest BCUT2D eigenvalue weighted by molar-refractivity contribution is -0.137. The Hall–Kier alpha value is -1.61. The molecule has 0 unspecified atom stereocenters. The van der Waals surface area contributed by atoms with Crippen molar-refractivity contribution >= 4 is 21.6 Å². The number of benzene rings is 1. The zero-order valence-electron chi connectivity index (χ0n) is 7.17. The third kappa shape index (κ3) is 1.78. The second kappa shape index (κ2) is 3.21. The van der Waals surface area contributed by atoms with Gasteiger partial charge in [0.1, 0.15) is 6.07 Å². The van der Waals surface area contributed by atoms with Crippen molar-refractivity contribution in [1.29, 1.82) is 5.26 Å². The topological polar surface area (TPSA) is 36.7 Å². The molecule has 6 heteroatoms. The number of halogens is 3. The van der Waals surface area contributed by atoms with Gasteiger partial charge < -0.3 is 0 Å². The van der Waals surface area contributed by atoms with Gasteiger partial charge in [-0.2, -0.15) is 18.4 Å². The molecule has 0 aliphatic rings. The summed E-state index contributed by atoms with van der Waals surface area (Å²) in [5.41, 5.74) is -0.531. The van der Waals surface area contributed by atoms with E-state index in [2.05, 4.69) is 4.98 Å². The van der Waals surface area contributed by atoms with Gasteiger partial charge in [-0.1, -0.05) is 0 Å². The Morgan fingerprint density at radius 1 is 1.33 bits per heavy atom. The minimum atomic E-state index is -4.37. The number of aromatic nitrogens is 1. The molecule has 0 atom stereocenters. The summed E-state index contributed by atoms with van der Waals surface area (Å²) < 4.78 is 37.5. The largest absolute Gasteiger partial charge is 0.416 e. The van der Waals surface area contributed by atoms with Crippen molar-refractivity contribution in [3.63, 3.8) is 0 Å². The molecule has 2 rings (SSSR count). The average Bonchev–Trinajstić information content (AvgIpc) is 2.57. The van der Waals surface area contributed by atoms with Crippen molar-refractivity contribution in [3.8, 4) is 6.07 Å². The van der Waals surface area contributed by atoms with Gasteiger partial charge in [-0.15, -0.1) is 11.3 Å². The third-order valence-corrected chi connectivity index (χ3v) is 2.75. The van der Waals surface area contributed by atoms with Crippen LogP contribution in [0, 0.1) is 11.3 Å². The van der Waals surface area contributed by atoms with E-state index in [9.17, 15) is 13.2 Å². The molecule has 0 fully saturated rings. The molecule has 0 saturated heterocycles. The molecule has 2 nitrogen and oxygen atoms in total. The van der Waals surface area contributed by atoms with E-state index in [1.807, 2.05) is 0 Å².